The first-order valence-corrected chi connectivity index (χ1v) is 8.91. The molecule has 0 amide bonds. The summed E-state index contributed by atoms with van der Waals surface area (Å²) in [7, 11) is -3.63. The van der Waals surface area contributed by atoms with Crippen LogP contribution in [0.15, 0.2) is 35.1 Å². The molecule has 0 fully saturated rings. The SMILES string of the molecule is CS(=O)(=O)N(Cc1ccc(Cl)cc1)Cc1nc(C(=O)O)cc(=O)[nH]1. The van der Waals surface area contributed by atoms with Crippen molar-refractivity contribution in [3.63, 3.8) is 0 Å². The lowest BCUT2D eigenvalue weighted by atomic mass is 10.2. The van der Waals surface area contributed by atoms with E-state index in [-0.39, 0.29) is 18.9 Å². The van der Waals surface area contributed by atoms with Gasteiger partial charge in [-0.1, -0.05) is 23.7 Å². The average Bonchev–Trinajstić information content (AvgIpc) is 2.47. The minimum Gasteiger partial charge on any atom is -0.477 e. The first-order valence-electron chi connectivity index (χ1n) is 6.68. The molecule has 2 rings (SSSR count). The lowest BCUT2D eigenvalue weighted by molar-refractivity contribution is 0.0689. The zero-order valence-corrected chi connectivity index (χ0v) is 14.1. The Bertz CT molecular complexity index is 909. The summed E-state index contributed by atoms with van der Waals surface area (Å²) >= 11 is 5.80. The second-order valence-corrected chi connectivity index (χ2v) is 7.46. The molecule has 8 nitrogen and oxygen atoms in total. The van der Waals surface area contributed by atoms with E-state index >= 15 is 0 Å². The van der Waals surface area contributed by atoms with Gasteiger partial charge in [0.1, 0.15) is 5.82 Å². The smallest absolute Gasteiger partial charge is 0.354 e. The molecule has 0 saturated heterocycles. The van der Waals surface area contributed by atoms with Crippen LogP contribution in [0.25, 0.3) is 0 Å². The van der Waals surface area contributed by atoms with E-state index < -0.39 is 27.2 Å². The van der Waals surface area contributed by atoms with Gasteiger partial charge < -0.3 is 10.1 Å². The van der Waals surface area contributed by atoms with Crippen molar-refractivity contribution in [3.8, 4) is 0 Å². The monoisotopic (exact) mass is 371 g/mol. The van der Waals surface area contributed by atoms with Crippen LogP contribution in [0.1, 0.15) is 21.9 Å². The lowest BCUT2D eigenvalue weighted by Crippen LogP contribution is -2.31. The highest BCUT2D eigenvalue weighted by Gasteiger charge is 2.20. The van der Waals surface area contributed by atoms with Crippen molar-refractivity contribution in [2.75, 3.05) is 6.26 Å². The number of sulfonamides is 1. The molecule has 2 N–H and O–H groups in total. The number of carboxylic acid groups (broad SMARTS) is 1. The third-order valence-corrected chi connectivity index (χ3v) is 4.53. The van der Waals surface area contributed by atoms with E-state index in [0.29, 0.717) is 10.6 Å². The Morgan fingerprint density at radius 3 is 2.46 bits per heavy atom. The standard InChI is InChI=1S/C14H14ClN3O5S/c1-24(22,23)18(7-9-2-4-10(15)5-3-9)8-12-16-11(14(20)21)6-13(19)17-12/h2-6H,7-8H2,1H3,(H,20,21)(H,16,17,19). The minimum absolute atomic E-state index is 0.0248. The summed E-state index contributed by atoms with van der Waals surface area (Å²) in [6.07, 6.45) is 1.02. The topological polar surface area (TPSA) is 120 Å². The molecule has 0 aliphatic rings. The molecule has 24 heavy (non-hydrogen) atoms. The molecule has 1 aromatic carbocycles. The van der Waals surface area contributed by atoms with Gasteiger partial charge >= 0.3 is 5.97 Å². The summed E-state index contributed by atoms with van der Waals surface area (Å²) in [6.45, 7) is -0.241. The second-order valence-electron chi connectivity index (χ2n) is 5.04. The highest BCUT2D eigenvalue weighted by atomic mass is 35.5. The number of benzene rings is 1. The van der Waals surface area contributed by atoms with Gasteiger partial charge in [-0.25, -0.2) is 18.2 Å². The summed E-state index contributed by atoms with van der Waals surface area (Å²) in [5, 5.41) is 9.45. The van der Waals surface area contributed by atoms with Crippen LogP contribution < -0.4 is 5.56 Å². The molecule has 0 aliphatic carbocycles. The fourth-order valence-electron chi connectivity index (χ4n) is 1.94. The summed E-state index contributed by atoms with van der Waals surface area (Å²) in [4.78, 5) is 28.6. The summed E-state index contributed by atoms with van der Waals surface area (Å²) < 4.78 is 25.0. The molecule has 0 bridgehead atoms. The van der Waals surface area contributed by atoms with Gasteiger partial charge in [-0.05, 0) is 17.7 Å². The number of carboxylic acids is 1. The number of aromatic amines is 1. The normalized spacial score (nSPS) is 11.6. The zero-order valence-electron chi connectivity index (χ0n) is 12.6. The summed E-state index contributed by atoms with van der Waals surface area (Å²) in [6, 6.07) is 7.43. The second kappa shape index (κ2) is 7.12. The van der Waals surface area contributed by atoms with Gasteiger partial charge in [0.25, 0.3) is 5.56 Å². The number of rotatable bonds is 6. The van der Waals surface area contributed by atoms with Crippen LogP contribution in [0.3, 0.4) is 0 Å². The van der Waals surface area contributed by atoms with Crippen molar-refractivity contribution < 1.29 is 18.3 Å². The molecule has 1 aromatic heterocycles. The van der Waals surface area contributed by atoms with E-state index in [9.17, 15) is 18.0 Å². The molecular formula is C14H14ClN3O5S. The molecule has 0 saturated carbocycles. The Kier molecular flexibility index (Phi) is 5.37. The molecular weight excluding hydrogens is 358 g/mol. The molecule has 10 heteroatoms. The van der Waals surface area contributed by atoms with E-state index in [2.05, 4.69) is 9.97 Å². The lowest BCUT2D eigenvalue weighted by Gasteiger charge is -2.19. The van der Waals surface area contributed by atoms with Crippen LogP contribution in [0.2, 0.25) is 5.02 Å². The van der Waals surface area contributed by atoms with Crippen LogP contribution in [0.5, 0.6) is 0 Å². The molecule has 0 atom stereocenters. The van der Waals surface area contributed by atoms with E-state index in [1.54, 1.807) is 24.3 Å². The molecule has 0 aliphatic heterocycles. The predicted molar refractivity (Wildman–Crippen MR) is 87.4 cm³/mol. The van der Waals surface area contributed by atoms with Crippen LogP contribution in [0, 0.1) is 0 Å². The number of carbonyl (C=O) groups is 1. The fourth-order valence-corrected chi connectivity index (χ4v) is 2.81. The van der Waals surface area contributed by atoms with Gasteiger partial charge in [-0.3, -0.25) is 4.79 Å². The van der Waals surface area contributed by atoms with Crippen molar-refractivity contribution in [3.05, 3.63) is 62.8 Å². The summed E-state index contributed by atoms with van der Waals surface area (Å²) in [5.41, 5.74) is -0.437. The Labute approximate surface area is 142 Å². The van der Waals surface area contributed by atoms with Crippen LogP contribution in [-0.4, -0.2) is 40.0 Å². The Morgan fingerprint density at radius 2 is 1.92 bits per heavy atom. The molecule has 0 spiro atoms. The number of nitrogens with zero attached hydrogens (tertiary/aromatic N) is 2. The summed E-state index contributed by atoms with van der Waals surface area (Å²) in [5.74, 6) is -1.43. The van der Waals surface area contributed by atoms with Gasteiger partial charge in [0.15, 0.2) is 5.69 Å². The van der Waals surface area contributed by atoms with Crippen molar-refractivity contribution >= 4 is 27.6 Å². The van der Waals surface area contributed by atoms with Crippen molar-refractivity contribution in [1.29, 1.82) is 0 Å². The number of hydrogen-bond donors (Lipinski definition) is 2. The van der Waals surface area contributed by atoms with Crippen LogP contribution >= 0.6 is 11.6 Å². The van der Waals surface area contributed by atoms with Crippen molar-refractivity contribution in [1.82, 2.24) is 14.3 Å². The zero-order chi connectivity index (χ0) is 17.9. The maximum absolute atomic E-state index is 12.0. The minimum atomic E-state index is -3.63. The third-order valence-electron chi connectivity index (χ3n) is 3.08. The van der Waals surface area contributed by atoms with Gasteiger partial charge in [-0.2, -0.15) is 4.31 Å². The highest BCUT2D eigenvalue weighted by molar-refractivity contribution is 7.88. The quantitative estimate of drug-likeness (QED) is 0.783. The maximum atomic E-state index is 12.0. The van der Waals surface area contributed by atoms with Gasteiger partial charge in [0.2, 0.25) is 10.0 Å². The number of aromatic carboxylic acids is 1. The Balaban J connectivity index is 2.32. The molecule has 128 valence electrons. The van der Waals surface area contributed by atoms with E-state index in [1.165, 1.54) is 0 Å². The van der Waals surface area contributed by atoms with Gasteiger partial charge in [0.05, 0.1) is 12.8 Å². The van der Waals surface area contributed by atoms with E-state index in [4.69, 9.17) is 16.7 Å². The molecule has 0 radical (unpaired) electrons. The van der Waals surface area contributed by atoms with Crippen LogP contribution in [0.4, 0.5) is 0 Å². The molecule has 2 aromatic rings. The molecule has 0 unspecified atom stereocenters. The predicted octanol–water partition coefficient (Wildman–Crippen LogP) is 1.08. The number of hydrogen-bond acceptors (Lipinski definition) is 5. The maximum Gasteiger partial charge on any atom is 0.354 e. The largest absolute Gasteiger partial charge is 0.477 e. The fraction of sp³-hybridized carbons (Fsp3) is 0.214. The Hall–Kier alpha value is -2.23. The average molecular weight is 372 g/mol. The molecule has 1 heterocycles. The number of nitrogens with one attached hydrogen (secondary N) is 1. The number of H-pyrrole nitrogens is 1. The van der Waals surface area contributed by atoms with E-state index in [1.807, 2.05) is 0 Å². The van der Waals surface area contributed by atoms with E-state index in [0.717, 1.165) is 16.6 Å². The first kappa shape index (κ1) is 18.1. The van der Waals surface area contributed by atoms with Crippen molar-refractivity contribution in [2.24, 2.45) is 0 Å². The highest BCUT2D eigenvalue weighted by Crippen LogP contribution is 2.14. The van der Waals surface area contributed by atoms with Gasteiger partial charge in [0, 0.05) is 17.6 Å². The first-order chi connectivity index (χ1) is 11.1. The van der Waals surface area contributed by atoms with Crippen LogP contribution in [-0.2, 0) is 23.1 Å². The number of halogens is 1. The number of aromatic nitrogens is 2. The third kappa shape index (κ3) is 4.88. The van der Waals surface area contributed by atoms with Crippen molar-refractivity contribution in [2.45, 2.75) is 13.1 Å². The Morgan fingerprint density at radius 1 is 1.29 bits per heavy atom. The van der Waals surface area contributed by atoms with Gasteiger partial charge in [-0.15, -0.1) is 0 Å².